The highest BCUT2D eigenvalue weighted by molar-refractivity contribution is 6.30. The topological polar surface area (TPSA) is 71.3 Å². The minimum Gasteiger partial charge on any atom is -0.457 e. The van der Waals surface area contributed by atoms with Crippen molar-refractivity contribution in [3.63, 3.8) is 0 Å². The number of hydrogen-bond acceptors (Lipinski definition) is 3. The number of hydrogen-bond donors (Lipinski definition) is 2. The molecule has 3 rings (SSSR count). The fourth-order valence-corrected chi connectivity index (χ4v) is 2.91. The number of furan rings is 1. The molecule has 2 N–H and O–H groups in total. The highest BCUT2D eigenvalue weighted by atomic mass is 35.5. The molecule has 5 nitrogen and oxygen atoms in total. The van der Waals surface area contributed by atoms with E-state index in [-0.39, 0.29) is 11.8 Å². The first-order valence-corrected chi connectivity index (χ1v) is 10.2. The molecule has 0 fully saturated rings. The number of carbonyl (C=O) groups excluding carboxylic acids is 2. The van der Waals surface area contributed by atoms with Gasteiger partial charge in [-0.25, -0.2) is 0 Å². The summed E-state index contributed by atoms with van der Waals surface area (Å²) in [4.78, 5) is 24.1. The number of rotatable bonds is 8. The SMILES string of the molecule is CCCCC(=O)Nc1cccc(NC(=O)C=Cc2ccc(-c3ccc(Cl)cc3)o2)c1. The van der Waals surface area contributed by atoms with Crippen molar-refractivity contribution in [2.24, 2.45) is 0 Å². The molecular formula is C24H23ClN2O3. The summed E-state index contributed by atoms with van der Waals surface area (Å²) in [6.07, 6.45) is 5.30. The van der Waals surface area contributed by atoms with Gasteiger partial charge in [0, 0.05) is 34.5 Å². The number of benzene rings is 2. The van der Waals surface area contributed by atoms with Crippen LogP contribution in [0, 0.1) is 0 Å². The summed E-state index contributed by atoms with van der Waals surface area (Å²) in [5, 5.41) is 6.28. The van der Waals surface area contributed by atoms with E-state index in [1.54, 1.807) is 48.5 Å². The van der Waals surface area contributed by atoms with Crippen molar-refractivity contribution in [1.82, 2.24) is 0 Å². The van der Waals surface area contributed by atoms with E-state index >= 15 is 0 Å². The van der Waals surface area contributed by atoms with Gasteiger partial charge in [-0.1, -0.05) is 31.0 Å². The minimum atomic E-state index is -0.297. The number of unbranched alkanes of at least 4 members (excludes halogenated alkanes) is 1. The largest absolute Gasteiger partial charge is 0.457 e. The Morgan fingerprint density at radius 2 is 1.73 bits per heavy atom. The maximum Gasteiger partial charge on any atom is 0.248 e. The van der Waals surface area contributed by atoms with Crippen molar-refractivity contribution in [3.8, 4) is 11.3 Å². The molecule has 1 aromatic heterocycles. The maximum absolute atomic E-state index is 12.2. The zero-order valence-corrected chi connectivity index (χ0v) is 17.4. The van der Waals surface area contributed by atoms with Crippen LogP contribution >= 0.6 is 11.6 Å². The van der Waals surface area contributed by atoms with Gasteiger partial charge in [-0.3, -0.25) is 9.59 Å². The molecule has 0 saturated heterocycles. The van der Waals surface area contributed by atoms with E-state index in [1.807, 2.05) is 25.1 Å². The summed E-state index contributed by atoms with van der Waals surface area (Å²) >= 11 is 5.90. The van der Waals surface area contributed by atoms with Crippen LogP contribution in [0.1, 0.15) is 31.9 Å². The summed E-state index contributed by atoms with van der Waals surface area (Å²) < 4.78 is 5.75. The normalized spacial score (nSPS) is 10.9. The third-order valence-electron chi connectivity index (χ3n) is 4.33. The van der Waals surface area contributed by atoms with E-state index in [0.29, 0.717) is 34.3 Å². The van der Waals surface area contributed by atoms with Gasteiger partial charge in [0.05, 0.1) is 0 Å². The Balaban J connectivity index is 1.58. The van der Waals surface area contributed by atoms with Gasteiger partial charge in [0.2, 0.25) is 11.8 Å². The maximum atomic E-state index is 12.2. The molecule has 0 spiro atoms. The number of halogens is 1. The monoisotopic (exact) mass is 422 g/mol. The van der Waals surface area contributed by atoms with Gasteiger partial charge in [-0.15, -0.1) is 0 Å². The van der Waals surface area contributed by atoms with Crippen LogP contribution in [0.2, 0.25) is 5.02 Å². The molecule has 3 aromatic rings. The molecule has 0 bridgehead atoms. The van der Waals surface area contributed by atoms with Crippen molar-refractivity contribution in [1.29, 1.82) is 0 Å². The van der Waals surface area contributed by atoms with Crippen LogP contribution in [0.15, 0.2) is 71.2 Å². The zero-order chi connectivity index (χ0) is 21.3. The molecule has 6 heteroatoms. The predicted octanol–water partition coefficient (Wildman–Crippen LogP) is 6.38. The number of amides is 2. The highest BCUT2D eigenvalue weighted by Gasteiger charge is 2.05. The number of carbonyl (C=O) groups is 2. The number of nitrogens with one attached hydrogen (secondary N) is 2. The molecular weight excluding hydrogens is 400 g/mol. The van der Waals surface area contributed by atoms with Crippen molar-refractivity contribution < 1.29 is 14.0 Å². The lowest BCUT2D eigenvalue weighted by atomic mass is 10.2. The molecule has 154 valence electrons. The van der Waals surface area contributed by atoms with Crippen molar-refractivity contribution in [2.75, 3.05) is 10.6 Å². The second kappa shape index (κ2) is 10.5. The summed E-state index contributed by atoms with van der Waals surface area (Å²) in [5.74, 6) is 0.925. The first-order chi connectivity index (χ1) is 14.5. The lowest BCUT2D eigenvalue weighted by Crippen LogP contribution is -2.12. The summed E-state index contributed by atoms with van der Waals surface area (Å²) in [6.45, 7) is 2.04. The van der Waals surface area contributed by atoms with Gasteiger partial charge in [0.25, 0.3) is 0 Å². The van der Waals surface area contributed by atoms with E-state index in [4.69, 9.17) is 16.0 Å². The van der Waals surface area contributed by atoms with Crippen molar-refractivity contribution >= 4 is 40.9 Å². The fourth-order valence-electron chi connectivity index (χ4n) is 2.79. The molecule has 30 heavy (non-hydrogen) atoms. The fraction of sp³-hybridized carbons (Fsp3) is 0.167. The van der Waals surface area contributed by atoms with E-state index in [0.717, 1.165) is 18.4 Å². The van der Waals surface area contributed by atoms with Crippen LogP contribution in [0.5, 0.6) is 0 Å². The summed E-state index contributed by atoms with van der Waals surface area (Å²) in [6, 6.07) is 18.0. The summed E-state index contributed by atoms with van der Waals surface area (Å²) in [7, 11) is 0. The quantitative estimate of drug-likeness (QED) is 0.413. The van der Waals surface area contributed by atoms with Gasteiger partial charge >= 0.3 is 0 Å². The molecule has 0 radical (unpaired) electrons. The Kier molecular flexibility index (Phi) is 7.46. The van der Waals surface area contributed by atoms with Gasteiger partial charge < -0.3 is 15.1 Å². The van der Waals surface area contributed by atoms with Gasteiger partial charge in [0.1, 0.15) is 11.5 Å². The third kappa shape index (κ3) is 6.36. The molecule has 0 saturated carbocycles. The average molecular weight is 423 g/mol. The molecule has 0 aliphatic rings. The Hall–Kier alpha value is -3.31. The van der Waals surface area contributed by atoms with E-state index in [1.165, 1.54) is 6.08 Å². The highest BCUT2D eigenvalue weighted by Crippen LogP contribution is 2.24. The van der Waals surface area contributed by atoms with Crippen LogP contribution in [0.4, 0.5) is 11.4 Å². The van der Waals surface area contributed by atoms with E-state index in [2.05, 4.69) is 10.6 Å². The Morgan fingerprint density at radius 3 is 2.47 bits per heavy atom. The lowest BCUT2D eigenvalue weighted by molar-refractivity contribution is -0.116. The van der Waals surface area contributed by atoms with E-state index in [9.17, 15) is 9.59 Å². The smallest absolute Gasteiger partial charge is 0.248 e. The first-order valence-electron chi connectivity index (χ1n) is 9.78. The van der Waals surface area contributed by atoms with Gasteiger partial charge in [-0.2, -0.15) is 0 Å². The van der Waals surface area contributed by atoms with Crippen LogP contribution < -0.4 is 10.6 Å². The van der Waals surface area contributed by atoms with Crippen LogP contribution in [0.25, 0.3) is 17.4 Å². The zero-order valence-electron chi connectivity index (χ0n) is 16.7. The van der Waals surface area contributed by atoms with Gasteiger partial charge in [-0.05, 0) is 67.1 Å². The molecule has 0 aliphatic heterocycles. The van der Waals surface area contributed by atoms with Crippen LogP contribution in [0.3, 0.4) is 0 Å². The Morgan fingerprint density at radius 1 is 1.00 bits per heavy atom. The third-order valence-corrected chi connectivity index (χ3v) is 4.58. The molecule has 1 heterocycles. The molecule has 0 aliphatic carbocycles. The first kappa shape index (κ1) is 21.4. The lowest BCUT2D eigenvalue weighted by Gasteiger charge is -2.07. The number of anilines is 2. The second-order valence-electron chi connectivity index (χ2n) is 6.76. The van der Waals surface area contributed by atoms with Crippen LogP contribution in [-0.2, 0) is 9.59 Å². The molecule has 2 aromatic carbocycles. The predicted molar refractivity (Wildman–Crippen MR) is 121 cm³/mol. The second-order valence-corrected chi connectivity index (χ2v) is 7.20. The Labute approximate surface area is 180 Å². The molecule has 0 unspecified atom stereocenters. The Bertz CT molecular complexity index is 1040. The standard InChI is InChI=1S/C24H23ClN2O3/c1-2-3-7-23(28)26-19-5-4-6-20(16-19)27-24(29)15-13-21-12-14-22(30-21)17-8-10-18(25)11-9-17/h4-6,8-16H,2-3,7H2,1H3,(H,26,28)(H,27,29). The average Bonchev–Trinajstić information content (AvgIpc) is 3.20. The van der Waals surface area contributed by atoms with Gasteiger partial charge in [0.15, 0.2) is 0 Å². The van der Waals surface area contributed by atoms with Crippen molar-refractivity contribution in [3.05, 3.63) is 77.5 Å². The van der Waals surface area contributed by atoms with Crippen molar-refractivity contribution in [2.45, 2.75) is 26.2 Å². The van der Waals surface area contributed by atoms with Crippen LogP contribution in [-0.4, -0.2) is 11.8 Å². The molecule has 2 amide bonds. The minimum absolute atomic E-state index is 0.0328. The molecule has 0 atom stereocenters. The van der Waals surface area contributed by atoms with E-state index < -0.39 is 0 Å². The summed E-state index contributed by atoms with van der Waals surface area (Å²) in [5.41, 5.74) is 2.15.